The zero-order valence-electron chi connectivity index (χ0n) is 19.4. The number of benzene rings is 2. The smallest absolute Gasteiger partial charge is 0.321 e. The maximum atomic E-state index is 13.0. The molecule has 2 aromatic heterocycles. The third kappa shape index (κ3) is 4.73. The minimum Gasteiger partial charge on any atom is -0.321 e. The van der Waals surface area contributed by atoms with Crippen molar-refractivity contribution in [1.82, 2.24) is 18.7 Å². The molecule has 0 aliphatic rings. The van der Waals surface area contributed by atoms with E-state index in [1.54, 1.807) is 7.05 Å². The van der Waals surface area contributed by atoms with E-state index in [4.69, 9.17) is 4.98 Å². The lowest BCUT2D eigenvalue weighted by molar-refractivity contribution is -0.941. The van der Waals surface area contributed by atoms with Gasteiger partial charge in [0.1, 0.15) is 19.6 Å². The van der Waals surface area contributed by atoms with E-state index in [-0.39, 0.29) is 11.2 Å². The summed E-state index contributed by atoms with van der Waals surface area (Å²) in [4.78, 5) is 31.6. The van der Waals surface area contributed by atoms with Crippen LogP contribution in [0.3, 0.4) is 0 Å². The van der Waals surface area contributed by atoms with Crippen LogP contribution in [0.15, 0.2) is 82.4 Å². The molecule has 33 heavy (non-hydrogen) atoms. The van der Waals surface area contributed by atoms with Crippen LogP contribution in [-0.2, 0) is 40.3 Å². The highest BCUT2D eigenvalue weighted by Gasteiger charge is 2.22. The van der Waals surface area contributed by atoms with Crippen molar-refractivity contribution in [3.63, 3.8) is 0 Å². The van der Waals surface area contributed by atoms with Gasteiger partial charge in [-0.1, -0.05) is 72.8 Å². The van der Waals surface area contributed by atoms with Gasteiger partial charge in [0.2, 0.25) is 0 Å². The second kappa shape index (κ2) is 9.42. The highest BCUT2D eigenvalue weighted by atomic mass is 16.2. The number of imidazole rings is 1. The molecule has 170 valence electrons. The van der Waals surface area contributed by atoms with Crippen molar-refractivity contribution in [2.45, 2.75) is 33.1 Å². The van der Waals surface area contributed by atoms with E-state index in [0.29, 0.717) is 24.3 Å². The number of fused-ring (bicyclic) bond motifs is 1. The molecule has 1 N–H and O–H groups in total. The fourth-order valence-corrected chi connectivity index (χ4v) is 4.25. The third-order valence-corrected chi connectivity index (χ3v) is 5.86. The number of nitrogens with zero attached hydrogens (tertiary/aromatic N) is 4. The first-order valence-corrected chi connectivity index (χ1v) is 11.1. The largest absolute Gasteiger partial charge is 0.332 e. The Bertz CT molecular complexity index is 1360. The number of quaternary nitrogens is 1. The van der Waals surface area contributed by atoms with Crippen LogP contribution in [0.4, 0.5) is 0 Å². The Morgan fingerprint density at radius 1 is 0.879 bits per heavy atom. The molecule has 0 amide bonds. The number of allylic oxidation sites excluding steroid dienone is 1. The first-order chi connectivity index (χ1) is 15.8. The average Bonchev–Trinajstić information content (AvgIpc) is 3.15. The van der Waals surface area contributed by atoms with Crippen molar-refractivity contribution in [3.8, 4) is 0 Å². The monoisotopic (exact) mass is 444 g/mol. The maximum Gasteiger partial charge on any atom is 0.332 e. The van der Waals surface area contributed by atoms with Gasteiger partial charge < -0.3 is 9.47 Å². The number of aromatic nitrogens is 4. The molecule has 0 spiro atoms. The Labute approximate surface area is 192 Å². The van der Waals surface area contributed by atoms with Crippen molar-refractivity contribution in [1.29, 1.82) is 0 Å². The molecular formula is C26H30N5O2+. The van der Waals surface area contributed by atoms with E-state index in [1.165, 1.54) is 27.6 Å². The van der Waals surface area contributed by atoms with E-state index in [2.05, 4.69) is 30.8 Å². The number of nitrogens with one attached hydrogen (secondary N) is 1. The lowest BCUT2D eigenvalue weighted by Gasteiger charge is -2.20. The van der Waals surface area contributed by atoms with Gasteiger partial charge in [0.15, 0.2) is 17.0 Å². The average molecular weight is 445 g/mol. The molecule has 0 unspecified atom stereocenters. The number of hydrogen-bond donors (Lipinski definition) is 1. The molecule has 0 atom stereocenters. The van der Waals surface area contributed by atoms with Gasteiger partial charge in [-0.05, 0) is 6.92 Å². The number of rotatable bonds is 8. The number of hydrogen-bond acceptors (Lipinski definition) is 3. The summed E-state index contributed by atoms with van der Waals surface area (Å²) >= 11 is 0. The SMILES string of the molecule is C=C(C)Cn1c(C[NH+](Cc2ccccc2)Cc2ccccc2)nc2c1c(=O)n(C)c(=O)n2C. The van der Waals surface area contributed by atoms with Gasteiger partial charge in [0.05, 0.1) is 0 Å². The van der Waals surface area contributed by atoms with E-state index in [1.807, 2.05) is 47.9 Å². The van der Waals surface area contributed by atoms with Gasteiger partial charge in [-0.15, -0.1) is 0 Å². The van der Waals surface area contributed by atoms with E-state index >= 15 is 0 Å². The lowest BCUT2D eigenvalue weighted by Crippen LogP contribution is -3.08. The van der Waals surface area contributed by atoms with Crippen molar-refractivity contribution in [2.75, 3.05) is 0 Å². The highest BCUT2D eigenvalue weighted by Crippen LogP contribution is 2.13. The molecule has 7 nitrogen and oxygen atoms in total. The van der Waals surface area contributed by atoms with Crippen LogP contribution in [-0.4, -0.2) is 18.7 Å². The van der Waals surface area contributed by atoms with Gasteiger partial charge >= 0.3 is 5.69 Å². The lowest BCUT2D eigenvalue weighted by atomic mass is 10.1. The van der Waals surface area contributed by atoms with Gasteiger partial charge in [-0.25, -0.2) is 9.78 Å². The first kappa shape index (κ1) is 22.5. The number of aryl methyl sites for hydroxylation is 1. The Kier molecular flexibility index (Phi) is 6.42. The van der Waals surface area contributed by atoms with Crippen molar-refractivity contribution >= 4 is 11.2 Å². The zero-order chi connectivity index (χ0) is 23.5. The summed E-state index contributed by atoms with van der Waals surface area (Å²) in [6.07, 6.45) is 0. The first-order valence-electron chi connectivity index (χ1n) is 11.1. The molecule has 0 aliphatic carbocycles. The molecule has 0 radical (unpaired) electrons. The van der Waals surface area contributed by atoms with E-state index in [0.717, 1.165) is 29.1 Å². The van der Waals surface area contributed by atoms with Gasteiger partial charge in [-0.2, -0.15) is 0 Å². The van der Waals surface area contributed by atoms with E-state index in [9.17, 15) is 9.59 Å². The summed E-state index contributed by atoms with van der Waals surface area (Å²) in [5, 5.41) is 0. The van der Waals surface area contributed by atoms with E-state index < -0.39 is 0 Å². The molecule has 0 saturated carbocycles. The molecular weight excluding hydrogens is 414 g/mol. The molecule has 0 saturated heterocycles. The molecule has 7 heteroatoms. The van der Waals surface area contributed by atoms with Gasteiger partial charge in [-0.3, -0.25) is 13.9 Å². The fraction of sp³-hybridized carbons (Fsp3) is 0.269. The van der Waals surface area contributed by atoms with Gasteiger partial charge in [0.25, 0.3) is 5.56 Å². The Morgan fingerprint density at radius 3 is 1.94 bits per heavy atom. The fourth-order valence-electron chi connectivity index (χ4n) is 4.25. The third-order valence-electron chi connectivity index (χ3n) is 5.86. The normalized spacial score (nSPS) is 11.4. The summed E-state index contributed by atoms with van der Waals surface area (Å²) in [6, 6.07) is 20.7. The van der Waals surface area contributed by atoms with Crippen molar-refractivity contribution in [2.24, 2.45) is 14.1 Å². The van der Waals surface area contributed by atoms with Gasteiger partial charge in [0, 0.05) is 31.8 Å². The topological polar surface area (TPSA) is 66.3 Å². The summed E-state index contributed by atoms with van der Waals surface area (Å²) in [7, 11) is 3.16. The Balaban J connectivity index is 1.81. The zero-order valence-corrected chi connectivity index (χ0v) is 19.4. The molecule has 0 fully saturated rings. The van der Waals surface area contributed by atoms with Crippen LogP contribution in [0.2, 0.25) is 0 Å². The molecule has 2 aromatic carbocycles. The second-order valence-electron chi connectivity index (χ2n) is 8.70. The summed E-state index contributed by atoms with van der Waals surface area (Å²) in [5.74, 6) is 0.771. The minimum atomic E-state index is -0.378. The Hall–Kier alpha value is -3.71. The van der Waals surface area contributed by atoms with Crippen molar-refractivity contribution < 1.29 is 4.90 Å². The minimum absolute atomic E-state index is 0.333. The van der Waals surface area contributed by atoms with Crippen LogP contribution in [0.25, 0.3) is 11.2 Å². The maximum absolute atomic E-state index is 13.0. The molecule has 4 aromatic rings. The summed E-state index contributed by atoms with van der Waals surface area (Å²) in [5.41, 5.74) is 3.52. The quantitative estimate of drug-likeness (QED) is 0.422. The van der Waals surface area contributed by atoms with Crippen molar-refractivity contribution in [3.05, 3.63) is 111 Å². The molecule has 0 bridgehead atoms. The van der Waals surface area contributed by atoms with Crippen LogP contribution >= 0.6 is 0 Å². The highest BCUT2D eigenvalue weighted by molar-refractivity contribution is 5.71. The summed E-state index contributed by atoms with van der Waals surface area (Å²) < 4.78 is 4.51. The predicted octanol–water partition coefficient (Wildman–Crippen LogP) is 1.80. The van der Waals surface area contributed by atoms with Crippen LogP contribution in [0.5, 0.6) is 0 Å². The molecule has 2 heterocycles. The second-order valence-corrected chi connectivity index (χ2v) is 8.70. The van der Waals surface area contributed by atoms with Crippen LogP contribution < -0.4 is 16.1 Å². The van der Waals surface area contributed by atoms with Crippen LogP contribution in [0, 0.1) is 0 Å². The molecule has 4 rings (SSSR count). The standard InChI is InChI=1S/C26H29N5O2/c1-19(2)15-31-22(27-24-23(31)25(32)29(4)26(33)28(24)3)18-30(16-20-11-7-5-8-12-20)17-21-13-9-6-10-14-21/h5-14H,1,15-18H2,2-4H3/p+1. The van der Waals surface area contributed by atoms with Crippen LogP contribution in [0.1, 0.15) is 23.9 Å². The predicted molar refractivity (Wildman–Crippen MR) is 130 cm³/mol. The summed E-state index contributed by atoms with van der Waals surface area (Å²) in [6.45, 7) is 8.68. The molecule has 0 aliphatic heterocycles. The Morgan fingerprint density at radius 2 is 1.42 bits per heavy atom.